The van der Waals surface area contributed by atoms with Gasteiger partial charge in [0.25, 0.3) is 0 Å². The molecule has 3 aliphatic rings. The van der Waals surface area contributed by atoms with Crippen molar-refractivity contribution < 1.29 is 9.59 Å². The summed E-state index contributed by atoms with van der Waals surface area (Å²) in [6.07, 6.45) is 8.92. The molecular weight excluding hydrogens is 344 g/mol. The molecule has 0 spiro atoms. The number of likely N-dealkylation sites (tertiary alicyclic amines) is 2. The molecule has 148 valence electrons. The number of carbonyl (C=O) groups is 2. The molecule has 1 unspecified atom stereocenters. The van der Waals surface area contributed by atoms with E-state index in [4.69, 9.17) is 0 Å². The minimum atomic E-state index is 0.0460. The Morgan fingerprint density at radius 2 is 1.96 bits per heavy atom. The molecule has 0 N–H and O–H groups in total. The first-order valence-electron chi connectivity index (χ1n) is 10.2. The van der Waals surface area contributed by atoms with E-state index in [2.05, 4.69) is 10.00 Å². The van der Waals surface area contributed by atoms with Gasteiger partial charge in [-0.25, -0.2) is 4.79 Å². The third-order valence-corrected chi connectivity index (χ3v) is 6.10. The molecule has 3 aliphatic heterocycles. The first-order chi connectivity index (χ1) is 13.1. The van der Waals surface area contributed by atoms with Gasteiger partial charge in [-0.3, -0.25) is 19.3 Å². The van der Waals surface area contributed by atoms with Crippen molar-refractivity contribution in [1.29, 1.82) is 0 Å². The molecule has 0 radical (unpaired) electrons. The van der Waals surface area contributed by atoms with Crippen molar-refractivity contribution in [3.05, 3.63) is 12.4 Å². The Morgan fingerprint density at radius 3 is 2.78 bits per heavy atom. The molecule has 1 aromatic heterocycles. The maximum Gasteiger partial charge on any atom is 0.324 e. The maximum atomic E-state index is 12.1. The summed E-state index contributed by atoms with van der Waals surface area (Å²) in [5.74, 6) is 0.320. The van der Waals surface area contributed by atoms with E-state index in [1.807, 2.05) is 22.8 Å². The first kappa shape index (κ1) is 18.3. The molecule has 8 heteroatoms. The molecule has 0 aromatic carbocycles. The van der Waals surface area contributed by atoms with Crippen molar-refractivity contribution in [2.24, 2.45) is 0 Å². The van der Waals surface area contributed by atoms with Gasteiger partial charge in [0.15, 0.2) is 0 Å². The molecule has 1 atom stereocenters. The monoisotopic (exact) mass is 374 g/mol. The Bertz CT molecular complexity index is 689. The lowest BCUT2D eigenvalue weighted by atomic mass is 10.2. The molecule has 3 amide bonds. The zero-order valence-electron chi connectivity index (χ0n) is 16.2. The van der Waals surface area contributed by atoms with Gasteiger partial charge in [-0.05, 0) is 19.3 Å². The van der Waals surface area contributed by atoms with E-state index in [9.17, 15) is 9.59 Å². The standard InChI is InChI=1S/C19H30N6O2/c1-21-9-12-24(19(21)27)17-13-20-25(15-17)16-6-8-22(14-16)10-11-23-7-4-2-3-5-18(23)26/h13,15-16H,2-12,14H2,1H3. The van der Waals surface area contributed by atoms with E-state index < -0.39 is 0 Å². The number of carbonyl (C=O) groups excluding carboxylic acids is 2. The minimum absolute atomic E-state index is 0.0460. The van der Waals surface area contributed by atoms with Crippen LogP contribution in [0.5, 0.6) is 0 Å². The van der Waals surface area contributed by atoms with Gasteiger partial charge >= 0.3 is 6.03 Å². The second-order valence-electron chi connectivity index (χ2n) is 7.97. The Kier molecular flexibility index (Phi) is 5.33. The molecule has 4 heterocycles. The Balaban J connectivity index is 1.29. The Labute approximate surface area is 160 Å². The van der Waals surface area contributed by atoms with Crippen molar-refractivity contribution >= 4 is 17.6 Å². The molecule has 3 saturated heterocycles. The van der Waals surface area contributed by atoms with Gasteiger partial charge in [-0.15, -0.1) is 0 Å². The summed E-state index contributed by atoms with van der Waals surface area (Å²) in [6, 6.07) is 0.388. The van der Waals surface area contributed by atoms with E-state index in [1.165, 1.54) is 6.42 Å². The van der Waals surface area contributed by atoms with E-state index in [1.54, 1.807) is 16.0 Å². The lowest BCUT2D eigenvalue weighted by molar-refractivity contribution is -0.130. The lowest BCUT2D eigenvalue weighted by Gasteiger charge is -2.24. The highest BCUT2D eigenvalue weighted by Gasteiger charge is 2.30. The number of nitrogens with zero attached hydrogens (tertiary/aromatic N) is 6. The number of anilines is 1. The van der Waals surface area contributed by atoms with Gasteiger partial charge < -0.3 is 9.80 Å². The average molecular weight is 374 g/mol. The summed E-state index contributed by atoms with van der Waals surface area (Å²) < 4.78 is 2.01. The van der Waals surface area contributed by atoms with Crippen LogP contribution in [0.1, 0.15) is 38.1 Å². The largest absolute Gasteiger partial charge is 0.341 e. The lowest BCUT2D eigenvalue weighted by Crippen LogP contribution is -2.37. The fourth-order valence-corrected chi connectivity index (χ4v) is 4.32. The number of hydrogen-bond acceptors (Lipinski definition) is 4. The van der Waals surface area contributed by atoms with E-state index >= 15 is 0 Å². The third-order valence-electron chi connectivity index (χ3n) is 6.10. The zero-order chi connectivity index (χ0) is 18.8. The van der Waals surface area contributed by atoms with Crippen molar-refractivity contribution in [1.82, 2.24) is 24.5 Å². The predicted molar refractivity (Wildman–Crippen MR) is 103 cm³/mol. The normalized spacial score (nSPS) is 24.9. The highest BCUT2D eigenvalue weighted by atomic mass is 16.2. The van der Waals surface area contributed by atoms with Crippen molar-refractivity contribution in [2.75, 3.05) is 57.8 Å². The summed E-state index contributed by atoms with van der Waals surface area (Å²) >= 11 is 0. The highest BCUT2D eigenvalue weighted by Crippen LogP contribution is 2.25. The van der Waals surface area contributed by atoms with E-state index in [0.717, 1.165) is 70.8 Å². The van der Waals surface area contributed by atoms with Crippen LogP contribution in [0.4, 0.5) is 10.5 Å². The molecule has 4 rings (SSSR count). The maximum absolute atomic E-state index is 12.1. The van der Waals surface area contributed by atoms with Crippen molar-refractivity contribution in [2.45, 2.75) is 38.1 Å². The van der Waals surface area contributed by atoms with Crippen molar-refractivity contribution in [3.63, 3.8) is 0 Å². The fourth-order valence-electron chi connectivity index (χ4n) is 4.32. The summed E-state index contributed by atoms with van der Waals surface area (Å²) in [6.45, 7) is 6.16. The number of amides is 3. The molecular formula is C19H30N6O2. The predicted octanol–water partition coefficient (Wildman–Crippen LogP) is 1.40. The van der Waals surface area contributed by atoms with E-state index in [0.29, 0.717) is 18.4 Å². The molecule has 1 aromatic rings. The third kappa shape index (κ3) is 3.95. The number of aromatic nitrogens is 2. The van der Waals surface area contributed by atoms with Gasteiger partial charge in [0.2, 0.25) is 5.91 Å². The SMILES string of the molecule is CN1CCN(c2cnn(C3CCN(CCN4CCCCCC4=O)C3)c2)C1=O. The summed E-state index contributed by atoms with van der Waals surface area (Å²) in [5, 5.41) is 4.52. The van der Waals surface area contributed by atoms with Gasteiger partial charge in [0.1, 0.15) is 0 Å². The molecule has 3 fully saturated rings. The molecule has 8 nitrogen and oxygen atoms in total. The minimum Gasteiger partial charge on any atom is -0.341 e. The molecule has 0 aliphatic carbocycles. The zero-order valence-corrected chi connectivity index (χ0v) is 16.2. The number of likely N-dealkylation sites (N-methyl/N-ethyl adjacent to an activating group) is 1. The van der Waals surface area contributed by atoms with Crippen LogP contribution < -0.4 is 4.90 Å². The number of urea groups is 1. The number of hydrogen-bond donors (Lipinski definition) is 0. The van der Waals surface area contributed by atoms with Crippen LogP contribution in [0.25, 0.3) is 0 Å². The Hall–Kier alpha value is -2.09. The van der Waals surface area contributed by atoms with Crippen LogP contribution in [0.3, 0.4) is 0 Å². The quantitative estimate of drug-likeness (QED) is 0.782. The second-order valence-corrected chi connectivity index (χ2v) is 7.97. The summed E-state index contributed by atoms with van der Waals surface area (Å²) in [4.78, 5) is 32.3. The molecule has 0 saturated carbocycles. The fraction of sp³-hybridized carbons (Fsp3) is 0.737. The van der Waals surface area contributed by atoms with Crippen molar-refractivity contribution in [3.8, 4) is 0 Å². The van der Waals surface area contributed by atoms with E-state index in [-0.39, 0.29) is 6.03 Å². The van der Waals surface area contributed by atoms with Gasteiger partial charge in [-0.1, -0.05) is 6.42 Å². The van der Waals surface area contributed by atoms with Crippen LogP contribution in [-0.4, -0.2) is 89.3 Å². The molecule has 27 heavy (non-hydrogen) atoms. The average Bonchev–Trinajstić information content (AvgIpc) is 3.35. The summed E-state index contributed by atoms with van der Waals surface area (Å²) in [7, 11) is 1.83. The van der Waals surface area contributed by atoms with Gasteiger partial charge in [0.05, 0.1) is 17.9 Å². The Morgan fingerprint density at radius 1 is 1.07 bits per heavy atom. The smallest absolute Gasteiger partial charge is 0.324 e. The van der Waals surface area contributed by atoms with Crippen LogP contribution in [0, 0.1) is 0 Å². The van der Waals surface area contributed by atoms with Crippen LogP contribution in [-0.2, 0) is 4.79 Å². The van der Waals surface area contributed by atoms with Gasteiger partial charge in [0, 0.05) is 65.5 Å². The van der Waals surface area contributed by atoms with Crippen LogP contribution >= 0.6 is 0 Å². The topological polar surface area (TPSA) is 64.9 Å². The molecule has 0 bridgehead atoms. The highest BCUT2D eigenvalue weighted by molar-refractivity contribution is 5.93. The summed E-state index contributed by atoms with van der Waals surface area (Å²) in [5.41, 5.74) is 0.887. The number of rotatable bonds is 5. The first-order valence-corrected chi connectivity index (χ1v) is 10.2. The van der Waals surface area contributed by atoms with Gasteiger partial charge in [-0.2, -0.15) is 5.10 Å². The van der Waals surface area contributed by atoms with Crippen LogP contribution in [0.2, 0.25) is 0 Å². The second kappa shape index (κ2) is 7.88. The van der Waals surface area contributed by atoms with Crippen LogP contribution in [0.15, 0.2) is 12.4 Å².